The number of alkyl halides is 6. The highest BCUT2D eigenvalue weighted by Gasteiger charge is 2.38. The maximum absolute atomic E-state index is 12.7. The average Bonchev–Trinajstić information content (AvgIpc) is 3.33. The Labute approximate surface area is 254 Å². The summed E-state index contributed by atoms with van der Waals surface area (Å²) in [4.78, 5) is 31.5. The fourth-order valence-corrected chi connectivity index (χ4v) is 4.90. The van der Waals surface area contributed by atoms with Gasteiger partial charge < -0.3 is 25.4 Å². The van der Waals surface area contributed by atoms with Crippen LogP contribution in [0.4, 0.5) is 43.9 Å². The number of halogens is 6. The third-order valence-electron chi connectivity index (χ3n) is 6.90. The number of rotatable bonds is 9. The number of anilines is 3. The molecule has 0 radical (unpaired) electrons. The number of ether oxygens (including phenoxy) is 1. The number of fused-ring (bicyclic) bond motifs is 1. The monoisotopic (exact) mass is 648 g/mol. The lowest BCUT2D eigenvalue weighted by molar-refractivity contribution is -0.192. The molecule has 0 spiro atoms. The number of carboxylic acid groups (broad SMARTS) is 1. The smallest absolute Gasteiger partial charge is 0.475 e. The first kappa shape index (κ1) is 34.0. The molecule has 2 fully saturated rings. The van der Waals surface area contributed by atoms with Gasteiger partial charge in [0.05, 0.1) is 13.2 Å². The molecular formula is C26H34F6N10O3. The predicted octanol–water partition coefficient (Wildman–Crippen LogP) is 3.36. The molecule has 0 saturated carbocycles. The average molecular weight is 649 g/mol. The van der Waals surface area contributed by atoms with Gasteiger partial charge in [0, 0.05) is 38.4 Å². The minimum atomic E-state index is -5.08. The fourth-order valence-electron chi connectivity index (χ4n) is 4.90. The van der Waals surface area contributed by atoms with E-state index in [1.807, 2.05) is 0 Å². The topological polar surface area (TPSA) is 146 Å². The lowest BCUT2D eigenvalue weighted by Crippen LogP contribution is -2.49. The fraction of sp³-hybridized carbons (Fsp3) is 0.615. The molecule has 5 rings (SSSR count). The van der Waals surface area contributed by atoms with E-state index in [1.54, 1.807) is 16.9 Å². The van der Waals surface area contributed by atoms with Crippen LogP contribution in [0, 0.1) is 0 Å². The molecule has 0 amide bonds. The summed E-state index contributed by atoms with van der Waals surface area (Å²) < 4.78 is 76.2. The number of hydrogen-bond donors (Lipinski definition) is 3. The standard InChI is InChI=1S/C24H33F3N10O.C2HF3O2/c1-17-13-36(10-7-29-17)23-32-20-18(14-35-8-3-2-4-9-35)34-37(11-12-38-15-24(25,26)27)21(20)22(33-23)31-19-5-6-28-16-30-19;3-2(4,5)1(6)7/h5-6,16-17,29H,2-4,7-15H2,1H3,(H,28,30,31,32,33);(H,6,7)/t17-;/m1./s1. The Balaban J connectivity index is 0.000000591. The van der Waals surface area contributed by atoms with E-state index < -0.39 is 24.9 Å². The Morgan fingerprint density at radius 2 is 1.87 bits per heavy atom. The van der Waals surface area contributed by atoms with Crippen molar-refractivity contribution in [2.45, 2.75) is 57.7 Å². The zero-order valence-electron chi connectivity index (χ0n) is 24.4. The van der Waals surface area contributed by atoms with Crippen LogP contribution in [-0.2, 0) is 22.6 Å². The van der Waals surface area contributed by atoms with E-state index in [0.29, 0.717) is 35.2 Å². The SMILES string of the molecule is C[C@@H]1CN(c2nc(Nc3ccncn3)c3c(n2)c(CN2CCCCC2)nn3CCOCC(F)(F)F)CCN1.O=C(O)C(F)(F)F. The number of piperidine rings is 1. The number of likely N-dealkylation sites (tertiary alicyclic amines) is 1. The molecule has 2 aliphatic rings. The van der Waals surface area contributed by atoms with E-state index in [4.69, 9.17) is 29.7 Å². The van der Waals surface area contributed by atoms with Gasteiger partial charge in [-0.15, -0.1) is 0 Å². The third-order valence-corrected chi connectivity index (χ3v) is 6.90. The molecule has 3 aromatic heterocycles. The summed E-state index contributed by atoms with van der Waals surface area (Å²) in [7, 11) is 0. The molecule has 248 valence electrons. The van der Waals surface area contributed by atoms with Crippen molar-refractivity contribution in [1.29, 1.82) is 0 Å². The van der Waals surface area contributed by atoms with E-state index in [9.17, 15) is 26.3 Å². The largest absolute Gasteiger partial charge is 0.490 e. The van der Waals surface area contributed by atoms with Gasteiger partial charge in [-0.1, -0.05) is 6.42 Å². The van der Waals surface area contributed by atoms with Gasteiger partial charge in [-0.25, -0.2) is 19.7 Å². The zero-order chi connectivity index (χ0) is 32.6. The van der Waals surface area contributed by atoms with Crippen molar-refractivity contribution in [3.05, 3.63) is 24.3 Å². The lowest BCUT2D eigenvalue weighted by atomic mass is 10.1. The van der Waals surface area contributed by atoms with Crippen molar-refractivity contribution < 1.29 is 41.0 Å². The number of piperazine rings is 1. The Hall–Kier alpha value is -3.84. The van der Waals surface area contributed by atoms with Gasteiger partial charge in [0.15, 0.2) is 5.82 Å². The van der Waals surface area contributed by atoms with Crippen LogP contribution >= 0.6 is 0 Å². The first-order chi connectivity index (χ1) is 21.3. The second-order valence-electron chi connectivity index (χ2n) is 10.6. The van der Waals surface area contributed by atoms with Crippen LogP contribution in [0.25, 0.3) is 11.0 Å². The number of carbonyl (C=O) groups is 1. The highest BCUT2D eigenvalue weighted by Crippen LogP contribution is 2.30. The Morgan fingerprint density at radius 3 is 2.49 bits per heavy atom. The van der Waals surface area contributed by atoms with Crippen LogP contribution < -0.4 is 15.5 Å². The minimum Gasteiger partial charge on any atom is -0.475 e. The van der Waals surface area contributed by atoms with Gasteiger partial charge in [0.25, 0.3) is 0 Å². The molecule has 1 atom stereocenters. The molecule has 2 aliphatic heterocycles. The Bertz CT molecular complexity index is 1400. The summed E-state index contributed by atoms with van der Waals surface area (Å²) >= 11 is 0. The molecule has 13 nitrogen and oxygen atoms in total. The number of aromatic nitrogens is 6. The van der Waals surface area contributed by atoms with Crippen LogP contribution in [0.15, 0.2) is 18.6 Å². The number of aliphatic carboxylic acids is 1. The van der Waals surface area contributed by atoms with Crippen LogP contribution in [0.1, 0.15) is 31.9 Å². The molecular weight excluding hydrogens is 614 g/mol. The molecule has 19 heteroatoms. The molecule has 45 heavy (non-hydrogen) atoms. The van der Waals surface area contributed by atoms with Crippen molar-refractivity contribution in [2.24, 2.45) is 0 Å². The second kappa shape index (κ2) is 15.0. The number of carboxylic acids is 1. The summed E-state index contributed by atoms with van der Waals surface area (Å²) in [5.74, 6) is -1.15. The van der Waals surface area contributed by atoms with Gasteiger partial charge in [-0.2, -0.15) is 36.4 Å². The normalized spacial score (nSPS) is 18.0. The molecule has 5 heterocycles. The van der Waals surface area contributed by atoms with Crippen LogP contribution in [0.3, 0.4) is 0 Å². The Kier molecular flexibility index (Phi) is 11.3. The van der Waals surface area contributed by atoms with Crippen molar-refractivity contribution in [1.82, 2.24) is 39.9 Å². The van der Waals surface area contributed by atoms with E-state index in [-0.39, 0.29) is 19.2 Å². The summed E-state index contributed by atoms with van der Waals surface area (Å²) in [6, 6.07) is 2.00. The quantitative estimate of drug-likeness (QED) is 0.231. The molecule has 0 bridgehead atoms. The van der Waals surface area contributed by atoms with Gasteiger partial charge >= 0.3 is 18.3 Å². The number of nitrogens with one attached hydrogen (secondary N) is 2. The van der Waals surface area contributed by atoms with Crippen molar-refractivity contribution in [3.8, 4) is 0 Å². The Morgan fingerprint density at radius 1 is 1.13 bits per heavy atom. The van der Waals surface area contributed by atoms with E-state index in [2.05, 4.69) is 37.3 Å². The first-order valence-corrected chi connectivity index (χ1v) is 14.3. The second-order valence-corrected chi connectivity index (χ2v) is 10.6. The lowest BCUT2D eigenvalue weighted by Gasteiger charge is -2.32. The van der Waals surface area contributed by atoms with Crippen molar-refractivity contribution in [2.75, 3.05) is 56.2 Å². The summed E-state index contributed by atoms with van der Waals surface area (Å²) in [5.41, 5.74) is 2.06. The predicted molar refractivity (Wildman–Crippen MR) is 150 cm³/mol. The van der Waals surface area contributed by atoms with Gasteiger partial charge in [0.2, 0.25) is 5.95 Å². The molecule has 3 aromatic rings. The maximum Gasteiger partial charge on any atom is 0.490 e. The van der Waals surface area contributed by atoms with Crippen LogP contribution in [0.2, 0.25) is 0 Å². The maximum atomic E-state index is 12.7. The van der Waals surface area contributed by atoms with E-state index >= 15 is 0 Å². The molecule has 0 unspecified atom stereocenters. The molecule has 0 aromatic carbocycles. The number of hydrogen-bond acceptors (Lipinski definition) is 11. The molecule has 2 saturated heterocycles. The molecule has 3 N–H and O–H groups in total. The molecule has 0 aliphatic carbocycles. The number of nitrogens with zero attached hydrogens (tertiary/aromatic N) is 8. The van der Waals surface area contributed by atoms with Crippen molar-refractivity contribution in [3.63, 3.8) is 0 Å². The van der Waals surface area contributed by atoms with E-state index in [0.717, 1.165) is 51.3 Å². The van der Waals surface area contributed by atoms with Crippen LogP contribution in [0.5, 0.6) is 0 Å². The van der Waals surface area contributed by atoms with Gasteiger partial charge in [-0.05, 0) is 38.9 Å². The summed E-state index contributed by atoms with van der Waals surface area (Å²) in [6.45, 7) is 5.66. The van der Waals surface area contributed by atoms with E-state index in [1.165, 1.54) is 12.7 Å². The highest BCUT2D eigenvalue weighted by molar-refractivity contribution is 5.90. The van der Waals surface area contributed by atoms with Crippen molar-refractivity contribution >= 4 is 34.6 Å². The summed E-state index contributed by atoms with van der Waals surface area (Å²) in [6.07, 6.45) is -2.94. The summed E-state index contributed by atoms with van der Waals surface area (Å²) in [5, 5.41) is 18.7. The first-order valence-electron chi connectivity index (χ1n) is 14.3. The van der Waals surface area contributed by atoms with Gasteiger partial charge in [0.1, 0.15) is 35.5 Å². The third kappa shape index (κ3) is 10.1. The zero-order valence-corrected chi connectivity index (χ0v) is 24.4. The van der Waals surface area contributed by atoms with Crippen LogP contribution in [-0.4, -0.2) is 110 Å². The van der Waals surface area contributed by atoms with Gasteiger partial charge in [-0.3, -0.25) is 9.58 Å². The minimum absolute atomic E-state index is 0.123. The highest BCUT2D eigenvalue weighted by atomic mass is 19.4.